The second kappa shape index (κ2) is 11.4. The summed E-state index contributed by atoms with van der Waals surface area (Å²) in [5.74, 6) is -1.14. The normalized spacial score (nSPS) is 14.6. The minimum absolute atomic E-state index is 0.0268. The molecule has 1 fully saturated rings. The van der Waals surface area contributed by atoms with Crippen LogP contribution in [0, 0.1) is 23.0 Å². The molecular formula is C32H24F2N4O4. The van der Waals surface area contributed by atoms with Crippen LogP contribution in [0.15, 0.2) is 72.8 Å². The maximum absolute atomic E-state index is 15.5. The first-order chi connectivity index (χ1) is 20.4. The average molecular weight is 567 g/mol. The van der Waals surface area contributed by atoms with E-state index in [1.54, 1.807) is 42.5 Å². The molecule has 1 aliphatic rings. The molecule has 1 saturated heterocycles. The number of fused-ring (bicyclic) bond motifs is 1. The van der Waals surface area contributed by atoms with Gasteiger partial charge in [0, 0.05) is 30.2 Å². The summed E-state index contributed by atoms with van der Waals surface area (Å²) in [6.45, 7) is 0.977. The van der Waals surface area contributed by atoms with E-state index in [2.05, 4.69) is 4.98 Å². The highest BCUT2D eigenvalue weighted by atomic mass is 19.1. The molecule has 8 nitrogen and oxygen atoms in total. The number of carboxylic acid groups (broad SMARTS) is 1. The van der Waals surface area contributed by atoms with Gasteiger partial charge >= 0.3 is 5.97 Å². The van der Waals surface area contributed by atoms with Crippen molar-refractivity contribution < 1.29 is 28.2 Å². The van der Waals surface area contributed by atoms with Crippen molar-refractivity contribution in [1.82, 2.24) is 14.5 Å². The highest BCUT2D eigenvalue weighted by Gasteiger charge is 2.24. The first-order valence-corrected chi connectivity index (χ1v) is 13.3. The number of pyridine rings is 1. The van der Waals surface area contributed by atoms with E-state index >= 15 is 4.39 Å². The van der Waals surface area contributed by atoms with E-state index in [0.29, 0.717) is 46.9 Å². The van der Waals surface area contributed by atoms with Gasteiger partial charge < -0.3 is 19.1 Å². The van der Waals surface area contributed by atoms with E-state index in [0.717, 1.165) is 12.5 Å². The van der Waals surface area contributed by atoms with E-state index in [9.17, 15) is 14.3 Å². The number of carboxylic acids is 1. The number of nitriles is 1. The largest absolute Gasteiger partial charge is 0.478 e. The van der Waals surface area contributed by atoms with Crippen molar-refractivity contribution in [1.29, 1.82) is 5.26 Å². The Bertz CT molecular complexity index is 1860. The maximum Gasteiger partial charge on any atom is 0.335 e. The van der Waals surface area contributed by atoms with Crippen LogP contribution >= 0.6 is 0 Å². The molecule has 2 aromatic heterocycles. The lowest BCUT2D eigenvalue weighted by molar-refractivity contribution is 0.0697. The number of carbonyl (C=O) groups is 1. The quantitative estimate of drug-likeness (QED) is 0.242. The second-order valence-corrected chi connectivity index (χ2v) is 9.97. The lowest BCUT2D eigenvalue weighted by atomic mass is 10.0. The van der Waals surface area contributed by atoms with Crippen LogP contribution in [-0.4, -0.2) is 38.8 Å². The molecule has 0 saturated carbocycles. The Labute approximate surface area is 239 Å². The fourth-order valence-electron chi connectivity index (χ4n) is 5.10. The Balaban J connectivity index is 1.24. The van der Waals surface area contributed by atoms with Gasteiger partial charge in [0.25, 0.3) is 0 Å². The van der Waals surface area contributed by atoms with E-state index in [4.69, 9.17) is 19.7 Å². The van der Waals surface area contributed by atoms with Crippen LogP contribution in [0.1, 0.15) is 45.3 Å². The van der Waals surface area contributed by atoms with Crippen molar-refractivity contribution in [3.05, 3.63) is 113 Å². The zero-order chi connectivity index (χ0) is 29.2. The van der Waals surface area contributed by atoms with Crippen LogP contribution < -0.4 is 4.74 Å². The molecule has 10 heteroatoms. The van der Waals surface area contributed by atoms with Gasteiger partial charge in [0.2, 0.25) is 5.88 Å². The molecule has 1 N–H and O–H groups in total. The summed E-state index contributed by atoms with van der Waals surface area (Å²) in [7, 11) is 0. The molecule has 0 bridgehead atoms. The van der Waals surface area contributed by atoms with Crippen LogP contribution in [0.2, 0.25) is 0 Å². The first-order valence-electron chi connectivity index (χ1n) is 13.3. The third-order valence-corrected chi connectivity index (χ3v) is 7.26. The van der Waals surface area contributed by atoms with Gasteiger partial charge in [0.1, 0.15) is 24.1 Å². The van der Waals surface area contributed by atoms with Crippen molar-refractivity contribution in [3.8, 4) is 23.2 Å². The van der Waals surface area contributed by atoms with Gasteiger partial charge in [-0.15, -0.1) is 0 Å². The van der Waals surface area contributed by atoms with E-state index in [1.165, 1.54) is 24.3 Å². The summed E-state index contributed by atoms with van der Waals surface area (Å²) in [5, 5.41) is 18.4. The summed E-state index contributed by atoms with van der Waals surface area (Å²) >= 11 is 0. The second-order valence-electron chi connectivity index (χ2n) is 9.97. The zero-order valence-electron chi connectivity index (χ0n) is 22.3. The van der Waals surface area contributed by atoms with Crippen LogP contribution in [0.4, 0.5) is 8.78 Å². The van der Waals surface area contributed by atoms with Gasteiger partial charge in [-0.1, -0.05) is 24.3 Å². The fourth-order valence-corrected chi connectivity index (χ4v) is 5.10. The summed E-state index contributed by atoms with van der Waals surface area (Å²) < 4.78 is 42.9. The smallest absolute Gasteiger partial charge is 0.335 e. The number of aromatic nitrogens is 3. The number of hydrogen-bond donors (Lipinski definition) is 1. The number of halogens is 2. The van der Waals surface area contributed by atoms with Gasteiger partial charge in [-0.3, -0.25) is 0 Å². The van der Waals surface area contributed by atoms with Crippen LogP contribution in [0.5, 0.6) is 5.88 Å². The fraction of sp³-hybridized carbons (Fsp3) is 0.188. The maximum atomic E-state index is 15.5. The third kappa shape index (κ3) is 5.42. The summed E-state index contributed by atoms with van der Waals surface area (Å²) in [5.41, 5.74) is 3.43. The zero-order valence-corrected chi connectivity index (χ0v) is 22.3. The van der Waals surface area contributed by atoms with Crippen molar-refractivity contribution in [2.45, 2.75) is 25.5 Å². The van der Waals surface area contributed by atoms with Gasteiger partial charge in [0.05, 0.1) is 46.6 Å². The number of hydrogen-bond acceptors (Lipinski definition) is 6. The van der Waals surface area contributed by atoms with Crippen molar-refractivity contribution in [3.63, 3.8) is 0 Å². The van der Waals surface area contributed by atoms with Crippen LogP contribution in [0.25, 0.3) is 22.3 Å². The minimum Gasteiger partial charge on any atom is -0.478 e. The van der Waals surface area contributed by atoms with E-state index in [-0.39, 0.29) is 41.6 Å². The van der Waals surface area contributed by atoms with Gasteiger partial charge in [-0.05, 0) is 54.4 Å². The number of benzene rings is 3. The lowest BCUT2D eigenvalue weighted by Crippen LogP contribution is -2.13. The molecule has 0 unspecified atom stereocenters. The summed E-state index contributed by atoms with van der Waals surface area (Å²) in [6.07, 6.45) is 0.950. The predicted molar refractivity (Wildman–Crippen MR) is 149 cm³/mol. The summed E-state index contributed by atoms with van der Waals surface area (Å²) in [4.78, 5) is 20.8. The molecular weight excluding hydrogens is 542 g/mol. The summed E-state index contributed by atoms with van der Waals surface area (Å²) in [6, 6.07) is 20.7. The average Bonchev–Trinajstić information content (AvgIpc) is 3.65. The SMILES string of the molecule is N#Cc1ccc(COc2cccc(-c3ccc(Cc4nc5ccc(C(=O)O)cc5n4[C@H]4CCOC4)c(F)c3)n2)c(F)c1. The standard InChI is InChI=1S/C32H24F2N4O4/c33-25-12-19(16-35)4-5-23(25)17-42-31-3-1-2-27(37-31)21-7-6-20(26(34)13-21)15-30-36-28-9-8-22(32(39)40)14-29(28)38(30)24-10-11-41-18-24/h1-9,12-14,24H,10-11,15,17-18H2,(H,39,40)/t24-/m0/s1. The minimum atomic E-state index is -1.03. The molecule has 3 aromatic carbocycles. The van der Waals surface area contributed by atoms with Gasteiger partial charge in [-0.2, -0.15) is 5.26 Å². The van der Waals surface area contributed by atoms with E-state index in [1.807, 2.05) is 10.6 Å². The third-order valence-electron chi connectivity index (χ3n) is 7.26. The molecule has 0 aliphatic carbocycles. The molecule has 42 heavy (non-hydrogen) atoms. The lowest BCUT2D eigenvalue weighted by Gasteiger charge is -2.16. The number of aromatic carboxylic acids is 1. The highest BCUT2D eigenvalue weighted by molar-refractivity contribution is 5.92. The Kier molecular flexibility index (Phi) is 7.33. The molecule has 3 heterocycles. The van der Waals surface area contributed by atoms with Crippen molar-refractivity contribution in [2.75, 3.05) is 13.2 Å². The van der Waals surface area contributed by atoms with Gasteiger partial charge in [-0.25, -0.2) is 23.5 Å². The Morgan fingerprint density at radius 3 is 2.62 bits per heavy atom. The predicted octanol–water partition coefficient (Wildman–Crippen LogP) is 6.08. The molecule has 210 valence electrons. The topological polar surface area (TPSA) is 110 Å². The molecule has 5 aromatic rings. The van der Waals surface area contributed by atoms with Crippen LogP contribution in [-0.2, 0) is 17.8 Å². The number of nitrogens with zero attached hydrogens (tertiary/aromatic N) is 4. The molecule has 1 atom stereocenters. The first kappa shape index (κ1) is 27.1. The van der Waals surface area contributed by atoms with Gasteiger partial charge in [0.15, 0.2) is 0 Å². The Morgan fingerprint density at radius 1 is 1.05 bits per heavy atom. The highest BCUT2D eigenvalue weighted by Crippen LogP contribution is 2.30. The molecule has 6 rings (SSSR count). The Morgan fingerprint density at radius 2 is 1.88 bits per heavy atom. The molecule has 1 aliphatic heterocycles. The number of imidazole rings is 1. The van der Waals surface area contributed by atoms with Crippen molar-refractivity contribution >= 4 is 17.0 Å². The molecule has 0 amide bonds. The molecule has 0 spiro atoms. The van der Waals surface area contributed by atoms with Crippen LogP contribution in [0.3, 0.4) is 0 Å². The Hall–Kier alpha value is -5.14. The number of rotatable bonds is 8. The monoisotopic (exact) mass is 566 g/mol. The van der Waals surface area contributed by atoms with Crippen molar-refractivity contribution in [2.24, 2.45) is 0 Å². The molecule has 0 radical (unpaired) electrons. The number of ether oxygens (including phenoxy) is 2. The van der Waals surface area contributed by atoms with E-state index < -0.39 is 17.6 Å².